The van der Waals surface area contributed by atoms with Gasteiger partial charge in [-0.3, -0.25) is 4.79 Å². The second-order valence-corrected chi connectivity index (χ2v) is 3.74. The van der Waals surface area contributed by atoms with Crippen LogP contribution < -0.4 is 4.90 Å². The lowest BCUT2D eigenvalue weighted by molar-refractivity contribution is -0.116. The molecule has 0 N–H and O–H groups in total. The monoisotopic (exact) mass is 213 g/mol. The van der Waals surface area contributed by atoms with E-state index >= 15 is 0 Å². The Balaban J connectivity index is 2.31. The molecule has 1 saturated heterocycles. The number of Topliss-reactive ketones (excluding diaryl/α,β-unsaturated/α-hetero) is 1. The highest BCUT2D eigenvalue weighted by Gasteiger charge is 2.21. The molecular formula is C10H9ClFNO. The average Bonchev–Trinajstić information content (AvgIpc) is 2.56. The molecule has 1 heterocycles. The van der Waals surface area contributed by atoms with E-state index in [-0.39, 0.29) is 18.1 Å². The number of nitrogens with zero attached hydrogens (tertiary/aromatic N) is 1. The summed E-state index contributed by atoms with van der Waals surface area (Å²) < 4.78 is 13.3. The van der Waals surface area contributed by atoms with E-state index < -0.39 is 0 Å². The summed E-state index contributed by atoms with van der Waals surface area (Å²) >= 11 is 5.75. The molecule has 14 heavy (non-hydrogen) atoms. The van der Waals surface area contributed by atoms with Gasteiger partial charge in [-0.15, -0.1) is 0 Å². The van der Waals surface area contributed by atoms with Crippen molar-refractivity contribution in [3.05, 3.63) is 29.0 Å². The Hall–Kier alpha value is -1.09. The summed E-state index contributed by atoms with van der Waals surface area (Å²) in [5.41, 5.74) is 0.420. The van der Waals surface area contributed by atoms with Gasteiger partial charge in [0.15, 0.2) is 5.78 Å². The maximum Gasteiger partial charge on any atom is 0.153 e. The zero-order chi connectivity index (χ0) is 10.1. The van der Waals surface area contributed by atoms with E-state index in [2.05, 4.69) is 0 Å². The van der Waals surface area contributed by atoms with Crippen LogP contribution in [-0.4, -0.2) is 18.9 Å². The predicted molar refractivity (Wildman–Crippen MR) is 53.2 cm³/mol. The van der Waals surface area contributed by atoms with Crippen LogP contribution >= 0.6 is 11.6 Å². The molecule has 1 aromatic carbocycles. The Morgan fingerprint density at radius 1 is 1.43 bits per heavy atom. The van der Waals surface area contributed by atoms with Crippen LogP contribution in [0.2, 0.25) is 5.02 Å². The molecule has 2 nitrogen and oxygen atoms in total. The maximum absolute atomic E-state index is 13.3. The number of ketones is 1. The Bertz CT molecular complexity index is 380. The number of hydrogen-bond acceptors (Lipinski definition) is 2. The fourth-order valence-corrected chi connectivity index (χ4v) is 1.73. The number of carbonyl (C=O) groups excluding carboxylic acids is 1. The standard InChI is InChI=1S/C10H9ClFNO/c11-7-1-2-9(12)10(5-7)13-4-3-8(14)6-13/h1-2,5H,3-4,6H2. The van der Waals surface area contributed by atoms with Gasteiger partial charge in [0.2, 0.25) is 0 Å². The van der Waals surface area contributed by atoms with E-state index in [4.69, 9.17) is 11.6 Å². The summed E-state index contributed by atoms with van der Waals surface area (Å²) in [7, 11) is 0. The second-order valence-electron chi connectivity index (χ2n) is 3.31. The third kappa shape index (κ3) is 1.73. The SMILES string of the molecule is O=C1CCN(c2cc(Cl)ccc2F)C1. The summed E-state index contributed by atoms with van der Waals surface area (Å²) in [6, 6.07) is 4.37. The van der Waals surface area contributed by atoms with Gasteiger partial charge in [0, 0.05) is 18.0 Å². The molecule has 4 heteroatoms. The molecule has 2 rings (SSSR count). The minimum Gasteiger partial charge on any atom is -0.361 e. The maximum atomic E-state index is 13.3. The number of anilines is 1. The second kappa shape index (κ2) is 3.58. The molecule has 0 saturated carbocycles. The Labute approximate surface area is 86.3 Å². The highest BCUT2D eigenvalue weighted by Crippen LogP contribution is 2.25. The van der Waals surface area contributed by atoms with Crippen LogP contribution in [0, 0.1) is 5.82 Å². The van der Waals surface area contributed by atoms with Gasteiger partial charge in [-0.2, -0.15) is 0 Å². The molecule has 1 aliphatic rings. The molecule has 0 spiro atoms. The van der Waals surface area contributed by atoms with E-state index in [1.165, 1.54) is 12.1 Å². The predicted octanol–water partition coefficient (Wildman–Crippen LogP) is 2.26. The first-order valence-corrected chi connectivity index (χ1v) is 4.76. The quantitative estimate of drug-likeness (QED) is 0.713. The van der Waals surface area contributed by atoms with Crippen molar-refractivity contribution in [3.63, 3.8) is 0 Å². The van der Waals surface area contributed by atoms with Gasteiger partial charge < -0.3 is 4.90 Å². The zero-order valence-corrected chi connectivity index (χ0v) is 8.22. The molecule has 0 radical (unpaired) electrons. The summed E-state index contributed by atoms with van der Waals surface area (Å²) in [5.74, 6) is -0.187. The minimum absolute atomic E-state index is 0.143. The fraction of sp³-hybridized carbons (Fsp3) is 0.300. The van der Waals surface area contributed by atoms with E-state index in [9.17, 15) is 9.18 Å². The van der Waals surface area contributed by atoms with Crippen LogP contribution in [-0.2, 0) is 4.79 Å². The van der Waals surface area contributed by atoms with Crippen LogP contribution in [0.5, 0.6) is 0 Å². The molecule has 0 unspecified atom stereocenters. The van der Waals surface area contributed by atoms with Crippen molar-refractivity contribution in [1.82, 2.24) is 0 Å². The number of rotatable bonds is 1. The van der Waals surface area contributed by atoms with Crippen LogP contribution in [0.15, 0.2) is 18.2 Å². The molecule has 0 bridgehead atoms. The zero-order valence-electron chi connectivity index (χ0n) is 7.46. The van der Waals surface area contributed by atoms with Gasteiger partial charge in [-0.05, 0) is 18.2 Å². The third-order valence-corrected chi connectivity index (χ3v) is 2.51. The van der Waals surface area contributed by atoms with Gasteiger partial charge in [0.1, 0.15) is 5.82 Å². The normalized spacial score (nSPS) is 16.4. The Kier molecular flexibility index (Phi) is 2.42. The topological polar surface area (TPSA) is 20.3 Å². The van der Waals surface area contributed by atoms with Crippen molar-refractivity contribution in [3.8, 4) is 0 Å². The van der Waals surface area contributed by atoms with Gasteiger partial charge >= 0.3 is 0 Å². The first-order valence-electron chi connectivity index (χ1n) is 4.38. The fourth-order valence-electron chi connectivity index (χ4n) is 1.56. The number of benzene rings is 1. The molecule has 0 aromatic heterocycles. The molecule has 1 fully saturated rings. The van der Waals surface area contributed by atoms with Crippen molar-refractivity contribution in [2.75, 3.05) is 18.0 Å². The smallest absolute Gasteiger partial charge is 0.153 e. The van der Waals surface area contributed by atoms with Crippen LogP contribution in [0.4, 0.5) is 10.1 Å². The van der Waals surface area contributed by atoms with Crippen molar-refractivity contribution in [1.29, 1.82) is 0 Å². The first-order chi connectivity index (χ1) is 6.66. The van der Waals surface area contributed by atoms with E-state index in [1.54, 1.807) is 11.0 Å². The highest BCUT2D eigenvalue weighted by atomic mass is 35.5. The summed E-state index contributed by atoms with van der Waals surface area (Å²) in [5, 5.41) is 0.487. The van der Waals surface area contributed by atoms with Crippen molar-refractivity contribution >= 4 is 23.1 Å². The molecule has 1 aromatic rings. The van der Waals surface area contributed by atoms with Gasteiger partial charge in [0.05, 0.1) is 12.2 Å². The van der Waals surface area contributed by atoms with Crippen molar-refractivity contribution in [2.45, 2.75) is 6.42 Å². The van der Waals surface area contributed by atoms with Crippen molar-refractivity contribution < 1.29 is 9.18 Å². The largest absolute Gasteiger partial charge is 0.361 e. The lowest BCUT2D eigenvalue weighted by atomic mass is 10.3. The van der Waals surface area contributed by atoms with Gasteiger partial charge in [-0.25, -0.2) is 4.39 Å². The summed E-state index contributed by atoms with van der Waals surface area (Å²) in [4.78, 5) is 12.7. The van der Waals surface area contributed by atoms with Crippen LogP contribution in [0.1, 0.15) is 6.42 Å². The molecule has 0 amide bonds. The third-order valence-electron chi connectivity index (χ3n) is 2.28. The van der Waals surface area contributed by atoms with Crippen LogP contribution in [0.25, 0.3) is 0 Å². The van der Waals surface area contributed by atoms with E-state index in [1.807, 2.05) is 0 Å². The number of carbonyl (C=O) groups is 1. The molecule has 0 aliphatic carbocycles. The van der Waals surface area contributed by atoms with E-state index in [0.29, 0.717) is 23.7 Å². The number of halogens is 2. The average molecular weight is 214 g/mol. The van der Waals surface area contributed by atoms with Crippen LogP contribution in [0.3, 0.4) is 0 Å². The minimum atomic E-state index is -0.330. The number of hydrogen-bond donors (Lipinski definition) is 0. The molecule has 74 valence electrons. The van der Waals surface area contributed by atoms with E-state index in [0.717, 1.165) is 0 Å². The lowest BCUT2D eigenvalue weighted by Crippen LogP contribution is -2.20. The molecule has 1 aliphatic heterocycles. The highest BCUT2D eigenvalue weighted by molar-refractivity contribution is 6.30. The molecule has 0 atom stereocenters. The van der Waals surface area contributed by atoms with Gasteiger partial charge in [0.25, 0.3) is 0 Å². The summed E-state index contributed by atoms with van der Waals surface area (Å²) in [6.07, 6.45) is 0.492. The molecular weight excluding hydrogens is 205 g/mol. The Morgan fingerprint density at radius 2 is 2.21 bits per heavy atom. The van der Waals surface area contributed by atoms with Gasteiger partial charge in [-0.1, -0.05) is 11.6 Å². The first kappa shape index (κ1) is 9.46. The lowest BCUT2D eigenvalue weighted by Gasteiger charge is -2.17. The Morgan fingerprint density at radius 3 is 2.86 bits per heavy atom. The summed E-state index contributed by atoms with van der Waals surface area (Å²) in [6.45, 7) is 0.868. The van der Waals surface area contributed by atoms with Crippen molar-refractivity contribution in [2.24, 2.45) is 0 Å².